The van der Waals surface area contributed by atoms with Gasteiger partial charge in [-0.15, -0.1) is 0 Å². The Bertz CT molecular complexity index is 255. The average molecular weight is 187 g/mol. The highest BCUT2D eigenvalue weighted by atomic mass is 35.5. The molecule has 12 heavy (non-hydrogen) atoms. The highest BCUT2D eigenvalue weighted by Crippen LogP contribution is 2.24. The van der Waals surface area contributed by atoms with Crippen LogP contribution in [0.25, 0.3) is 0 Å². The highest BCUT2D eigenvalue weighted by Gasteiger charge is 2.18. The molecule has 3 nitrogen and oxygen atoms in total. The monoisotopic (exact) mass is 186 g/mol. The number of hydrogen-bond donors (Lipinski definition) is 1. The topological polar surface area (TPSA) is 38.1 Å². The van der Waals surface area contributed by atoms with E-state index in [1.807, 2.05) is 0 Å². The summed E-state index contributed by atoms with van der Waals surface area (Å²) in [6, 6.07) is 0.318. The van der Waals surface area contributed by atoms with Gasteiger partial charge in [0.2, 0.25) is 0 Å². The highest BCUT2D eigenvalue weighted by molar-refractivity contribution is 6.27. The van der Waals surface area contributed by atoms with E-state index >= 15 is 0 Å². The van der Waals surface area contributed by atoms with E-state index in [1.165, 1.54) is 12.8 Å². The van der Waals surface area contributed by atoms with Crippen LogP contribution in [-0.2, 0) is 0 Å². The van der Waals surface area contributed by atoms with E-state index < -0.39 is 0 Å². The third-order valence-corrected chi connectivity index (χ3v) is 2.32. The maximum Gasteiger partial charge on any atom is 0.292 e. The van der Waals surface area contributed by atoms with Crippen molar-refractivity contribution in [2.75, 3.05) is 6.54 Å². The van der Waals surface area contributed by atoms with E-state index in [0.29, 0.717) is 6.04 Å². The van der Waals surface area contributed by atoms with Gasteiger partial charge < -0.3 is 9.73 Å². The zero-order chi connectivity index (χ0) is 8.39. The number of halogens is 1. The van der Waals surface area contributed by atoms with Crippen LogP contribution in [0.4, 0.5) is 0 Å². The summed E-state index contributed by atoms with van der Waals surface area (Å²) in [5, 5.41) is 3.59. The Kier molecular flexibility index (Phi) is 2.33. The molecule has 0 saturated carbocycles. The van der Waals surface area contributed by atoms with Crippen LogP contribution in [0.2, 0.25) is 5.35 Å². The summed E-state index contributed by atoms with van der Waals surface area (Å²) in [5.74, 6) is 0.861. The van der Waals surface area contributed by atoms with E-state index in [2.05, 4.69) is 10.3 Å². The Morgan fingerprint density at radius 3 is 3.08 bits per heavy atom. The van der Waals surface area contributed by atoms with Crippen molar-refractivity contribution < 1.29 is 4.42 Å². The minimum atomic E-state index is 0.234. The summed E-state index contributed by atoms with van der Waals surface area (Å²) in [5.41, 5.74) is 0. The van der Waals surface area contributed by atoms with Crippen molar-refractivity contribution in [3.05, 3.63) is 17.3 Å². The lowest BCUT2D eigenvalue weighted by atomic mass is 10.0. The van der Waals surface area contributed by atoms with E-state index in [9.17, 15) is 0 Å². The van der Waals surface area contributed by atoms with Crippen molar-refractivity contribution in [3.8, 4) is 0 Å². The van der Waals surface area contributed by atoms with Gasteiger partial charge >= 0.3 is 0 Å². The summed E-state index contributed by atoms with van der Waals surface area (Å²) >= 11 is 5.57. The largest absolute Gasteiger partial charge is 0.431 e. The maximum atomic E-state index is 5.57. The summed E-state index contributed by atoms with van der Waals surface area (Å²) in [6.07, 6.45) is 5.31. The smallest absolute Gasteiger partial charge is 0.292 e. The van der Waals surface area contributed by atoms with Crippen LogP contribution in [0.5, 0.6) is 0 Å². The second-order valence-corrected chi connectivity index (χ2v) is 3.34. The van der Waals surface area contributed by atoms with Crippen LogP contribution in [-0.4, -0.2) is 11.5 Å². The molecule has 4 heteroatoms. The number of hydrogen-bond acceptors (Lipinski definition) is 3. The zero-order valence-electron chi connectivity index (χ0n) is 6.72. The number of nitrogens with zero attached hydrogens (tertiary/aromatic N) is 1. The standard InChI is InChI=1S/C8H11ClN2O/c9-8-11-5-7(12-8)6-3-1-2-4-10-6/h5-6,10H,1-4H2. The van der Waals surface area contributed by atoms with E-state index in [1.54, 1.807) is 6.20 Å². The van der Waals surface area contributed by atoms with Crippen LogP contribution in [0.15, 0.2) is 10.6 Å². The zero-order valence-corrected chi connectivity index (χ0v) is 7.47. The van der Waals surface area contributed by atoms with Crippen LogP contribution in [0.3, 0.4) is 0 Å². The minimum absolute atomic E-state index is 0.234. The molecule has 0 amide bonds. The molecule has 0 spiro atoms. The Morgan fingerprint density at radius 1 is 1.58 bits per heavy atom. The first-order valence-electron chi connectivity index (χ1n) is 4.21. The normalized spacial score (nSPS) is 24.2. The summed E-state index contributed by atoms with van der Waals surface area (Å²) in [4.78, 5) is 3.85. The Balaban J connectivity index is 2.08. The maximum absolute atomic E-state index is 5.57. The Hall–Kier alpha value is -0.540. The van der Waals surface area contributed by atoms with Crippen LogP contribution < -0.4 is 5.32 Å². The van der Waals surface area contributed by atoms with E-state index in [4.69, 9.17) is 16.0 Å². The van der Waals surface area contributed by atoms with Gasteiger partial charge in [0.05, 0.1) is 12.2 Å². The number of nitrogens with one attached hydrogen (secondary N) is 1. The minimum Gasteiger partial charge on any atom is -0.431 e. The van der Waals surface area contributed by atoms with Crippen molar-refractivity contribution in [3.63, 3.8) is 0 Å². The molecule has 1 aromatic heterocycles. The van der Waals surface area contributed by atoms with Gasteiger partial charge in [0.25, 0.3) is 5.35 Å². The third kappa shape index (κ3) is 1.62. The molecule has 1 aliphatic heterocycles. The second-order valence-electron chi connectivity index (χ2n) is 3.02. The molecule has 1 saturated heterocycles. The Morgan fingerprint density at radius 2 is 2.50 bits per heavy atom. The quantitative estimate of drug-likeness (QED) is 0.731. The first-order valence-corrected chi connectivity index (χ1v) is 4.58. The fraction of sp³-hybridized carbons (Fsp3) is 0.625. The van der Waals surface area contributed by atoms with Gasteiger partial charge in [-0.1, -0.05) is 6.42 Å². The lowest BCUT2D eigenvalue weighted by molar-refractivity contribution is 0.349. The fourth-order valence-electron chi connectivity index (χ4n) is 1.52. The molecule has 2 rings (SSSR count). The van der Waals surface area contributed by atoms with Crippen molar-refractivity contribution in [2.45, 2.75) is 25.3 Å². The van der Waals surface area contributed by atoms with Gasteiger partial charge in [-0.3, -0.25) is 0 Å². The second kappa shape index (κ2) is 3.46. The molecule has 1 fully saturated rings. The van der Waals surface area contributed by atoms with Gasteiger partial charge in [0.15, 0.2) is 0 Å². The number of aromatic nitrogens is 1. The fourth-order valence-corrected chi connectivity index (χ4v) is 1.66. The van der Waals surface area contributed by atoms with Crippen molar-refractivity contribution in [1.29, 1.82) is 0 Å². The van der Waals surface area contributed by atoms with Crippen molar-refractivity contribution in [2.24, 2.45) is 0 Å². The van der Waals surface area contributed by atoms with Gasteiger partial charge in [-0.2, -0.15) is 0 Å². The summed E-state index contributed by atoms with van der Waals surface area (Å²) in [6.45, 7) is 1.06. The first kappa shape index (κ1) is 8.08. The van der Waals surface area contributed by atoms with Gasteiger partial charge in [-0.25, -0.2) is 4.98 Å². The molecule has 1 N–H and O–H groups in total. The van der Waals surface area contributed by atoms with E-state index in [-0.39, 0.29) is 5.35 Å². The number of oxazole rings is 1. The molecule has 0 aromatic carbocycles. The lowest BCUT2D eigenvalue weighted by Crippen LogP contribution is -2.26. The van der Waals surface area contributed by atoms with Crippen molar-refractivity contribution >= 4 is 11.6 Å². The van der Waals surface area contributed by atoms with Gasteiger partial charge in [-0.05, 0) is 31.0 Å². The molecule has 1 unspecified atom stereocenters. The molecule has 66 valence electrons. The molecular weight excluding hydrogens is 176 g/mol. The molecule has 0 bridgehead atoms. The Labute approximate surface area is 76.1 Å². The predicted octanol–water partition coefficient (Wildman–Crippen LogP) is 2.14. The summed E-state index contributed by atoms with van der Waals surface area (Å²) in [7, 11) is 0. The molecule has 1 aliphatic rings. The average Bonchev–Trinajstić information content (AvgIpc) is 2.54. The SMILES string of the molecule is Clc1ncc(C2CCCCN2)o1. The molecule has 1 atom stereocenters. The molecule has 2 heterocycles. The molecule has 1 aromatic rings. The third-order valence-electron chi connectivity index (χ3n) is 2.15. The van der Waals surface area contributed by atoms with Crippen LogP contribution in [0, 0.1) is 0 Å². The van der Waals surface area contributed by atoms with Gasteiger partial charge in [0, 0.05) is 0 Å². The number of rotatable bonds is 1. The molecule has 0 radical (unpaired) electrons. The number of piperidine rings is 1. The van der Waals surface area contributed by atoms with Crippen LogP contribution in [0.1, 0.15) is 31.1 Å². The van der Waals surface area contributed by atoms with Crippen LogP contribution >= 0.6 is 11.6 Å². The van der Waals surface area contributed by atoms with E-state index in [0.717, 1.165) is 18.7 Å². The predicted molar refractivity (Wildman–Crippen MR) is 46.1 cm³/mol. The lowest BCUT2D eigenvalue weighted by Gasteiger charge is -2.20. The summed E-state index contributed by atoms with van der Waals surface area (Å²) < 4.78 is 5.21. The first-order chi connectivity index (χ1) is 5.86. The molecule has 0 aliphatic carbocycles. The molecular formula is C8H11ClN2O. The van der Waals surface area contributed by atoms with Crippen molar-refractivity contribution in [1.82, 2.24) is 10.3 Å². The van der Waals surface area contributed by atoms with Gasteiger partial charge in [0.1, 0.15) is 5.76 Å².